The number of hydrogen-bond donors (Lipinski definition) is 1. The van der Waals surface area contributed by atoms with Crippen LogP contribution in [-0.2, 0) is 5.92 Å². The van der Waals surface area contributed by atoms with Gasteiger partial charge in [-0.2, -0.15) is 8.78 Å². The van der Waals surface area contributed by atoms with E-state index in [1.807, 2.05) is 13.0 Å². The minimum absolute atomic E-state index is 0.0105. The molecule has 118 valence electrons. The number of aromatic nitrogens is 4. The smallest absolute Gasteiger partial charge is 0.302 e. The minimum atomic E-state index is -2.98. The summed E-state index contributed by atoms with van der Waals surface area (Å²) in [6.07, 6.45) is 5.92. The zero-order chi connectivity index (χ0) is 15.9. The predicted molar refractivity (Wildman–Crippen MR) is 83.2 cm³/mol. The number of imidazole rings is 1. The van der Waals surface area contributed by atoms with Gasteiger partial charge in [-0.15, -0.1) is 0 Å². The van der Waals surface area contributed by atoms with E-state index in [1.165, 1.54) is 0 Å². The Morgan fingerprint density at radius 1 is 1.36 bits per heavy atom. The van der Waals surface area contributed by atoms with Crippen LogP contribution < -0.4 is 0 Å². The van der Waals surface area contributed by atoms with E-state index in [9.17, 15) is 8.78 Å². The molecule has 0 spiro atoms. The van der Waals surface area contributed by atoms with Crippen LogP contribution in [0.25, 0.3) is 22.1 Å². The molecule has 0 saturated heterocycles. The average molecular weight is 306 g/mol. The highest BCUT2D eigenvalue weighted by molar-refractivity contribution is 6.01. The Morgan fingerprint density at radius 2 is 2.14 bits per heavy atom. The van der Waals surface area contributed by atoms with Crippen molar-refractivity contribution in [3.8, 4) is 0 Å². The van der Waals surface area contributed by atoms with E-state index >= 15 is 0 Å². The number of nitrogens with one attached hydrogen (secondary N) is 1. The van der Waals surface area contributed by atoms with E-state index in [0.717, 1.165) is 37.1 Å². The van der Waals surface area contributed by atoms with E-state index in [0.29, 0.717) is 11.2 Å². The highest BCUT2D eigenvalue weighted by atomic mass is 19.3. The van der Waals surface area contributed by atoms with Crippen molar-refractivity contribution in [3.63, 3.8) is 0 Å². The molecule has 6 heteroatoms. The second-order valence-corrected chi connectivity index (χ2v) is 5.78. The molecule has 1 N–H and O–H groups in total. The summed E-state index contributed by atoms with van der Waals surface area (Å²) in [6, 6.07) is 1.88. The summed E-state index contributed by atoms with van der Waals surface area (Å²) < 4.78 is 29.9. The monoisotopic (exact) mass is 306 g/mol. The van der Waals surface area contributed by atoms with Crippen molar-refractivity contribution in [2.24, 2.45) is 0 Å². The molecule has 0 aliphatic rings. The molecule has 22 heavy (non-hydrogen) atoms. The lowest BCUT2D eigenvalue weighted by molar-refractivity contribution is 0.00289. The van der Waals surface area contributed by atoms with Crippen LogP contribution in [0.5, 0.6) is 0 Å². The van der Waals surface area contributed by atoms with E-state index in [4.69, 9.17) is 0 Å². The van der Waals surface area contributed by atoms with Gasteiger partial charge in [0.2, 0.25) is 0 Å². The molecule has 1 unspecified atom stereocenters. The second kappa shape index (κ2) is 5.34. The maximum atomic E-state index is 14.1. The zero-order valence-electron chi connectivity index (χ0n) is 13.0. The lowest BCUT2D eigenvalue weighted by Gasteiger charge is -2.22. The maximum absolute atomic E-state index is 14.1. The van der Waals surface area contributed by atoms with Crippen LogP contribution in [-0.4, -0.2) is 19.5 Å². The number of rotatable bonds is 5. The van der Waals surface area contributed by atoms with Crippen molar-refractivity contribution < 1.29 is 8.78 Å². The Bertz CT molecular complexity index is 798. The highest BCUT2D eigenvalue weighted by Crippen LogP contribution is 2.36. The molecule has 0 radical (unpaired) electrons. The Morgan fingerprint density at radius 3 is 2.77 bits per heavy atom. The topological polar surface area (TPSA) is 46.5 Å². The number of hydrogen-bond acceptors (Lipinski definition) is 2. The summed E-state index contributed by atoms with van der Waals surface area (Å²) >= 11 is 0. The van der Waals surface area contributed by atoms with Crippen molar-refractivity contribution in [2.45, 2.75) is 52.0 Å². The molecular formula is C16H20F2N4. The van der Waals surface area contributed by atoms with Crippen LogP contribution in [0.2, 0.25) is 0 Å². The molecule has 1 atom stereocenters. The fourth-order valence-corrected chi connectivity index (χ4v) is 3.11. The molecule has 3 aromatic rings. The van der Waals surface area contributed by atoms with E-state index in [-0.39, 0.29) is 11.9 Å². The fraction of sp³-hybridized carbons (Fsp3) is 0.500. The van der Waals surface area contributed by atoms with Crippen LogP contribution in [0.1, 0.15) is 51.9 Å². The molecule has 0 aromatic carbocycles. The maximum Gasteiger partial charge on any atom is 0.302 e. The van der Waals surface area contributed by atoms with Gasteiger partial charge in [0, 0.05) is 24.5 Å². The van der Waals surface area contributed by atoms with Gasteiger partial charge in [0.25, 0.3) is 0 Å². The van der Waals surface area contributed by atoms with Crippen molar-refractivity contribution in [1.29, 1.82) is 0 Å². The molecule has 0 amide bonds. The van der Waals surface area contributed by atoms with Gasteiger partial charge in [0.15, 0.2) is 5.82 Å². The molecule has 3 aromatic heterocycles. The van der Waals surface area contributed by atoms with Gasteiger partial charge in [0.1, 0.15) is 11.2 Å². The third kappa shape index (κ3) is 2.26. The number of halogens is 2. The fourth-order valence-electron chi connectivity index (χ4n) is 3.11. The molecule has 3 rings (SSSR count). The summed E-state index contributed by atoms with van der Waals surface area (Å²) in [5, 5.41) is 0.843. The SMILES string of the molecule is CCCC(CC)n1c(C(C)(F)F)nc2cnc3[nH]ccc3c21. The van der Waals surface area contributed by atoms with Crippen LogP contribution >= 0.6 is 0 Å². The van der Waals surface area contributed by atoms with E-state index < -0.39 is 5.92 Å². The average Bonchev–Trinajstić information content (AvgIpc) is 3.07. The molecule has 0 aliphatic heterocycles. The predicted octanol–water partition coefficient (Wildman–Crippen LogP) is 4.78. The summed E-state index contributed by atoms with van der Waals surface area (Å²) in [6.45, 7) is 5.00. The molecule has 0 saturated carbocycles. The van der Waals surface area contributed by atoms with Crippen molar-refractivity contribution in [3.05, 3.63) is 24.3 Å². The number of alkyl halides is 2. The number of pyridine rings is 1. The van der Waals surface area contributed by atoms with E-state index in [2.05, 4.69) is 21.9 Å². The number of fused-ring (bicyclic) bond motifs is 3. The Labute approximate surface area is 127 Å². The standard InChI is InChI=1S/C16H20F2N4/c1-4-6-10(5-2)22-13-11-7-8-19-14(11)20-9-12(13)21-15(22)16(3,17)18/h7-10H,4-6H2,1-3H3,(H,19,20). The molecule has 3 heterocycles. The largest absolute Gasteiger partial charge is 0.346 e. The van der Waals surface area contributed by atoms with E-state index in [1.54, 1.807) is 17.0 Å². The molecule has 4 nitrogen and oxygen atoms in total. The lowest BCUT2D eigenvalue weighted by Crippen LogP contribution is -2.20. The number of H-pyrrole nitrogens is 1. The number of aromatic amines is 1. The Hall–Kier alpha value is -1.98. The quantitative estimate of drug-likeness (QED) is 0.737. The van der Waals surface area contributed by atoms with Gasteiger partial charge in [-0.25, -0.2) is 9.97 Å². The summed E-state index contributed by atoms with van der Waals surface area (Å²) in [5.74, 6) is -3.15. The van der Waals surface area contributed by atoms with Gasteiger partial charge in [-0.05, 0) is 18.9 Å². The number of nitrogens with zero attached hydrogens (tertiary/aromatic N) is 3. The van der Waals surface area contributed by atoms with Gasteiger partial charge in [-0.1, -0.05) is 20.3 Å². The van der Waals surface area contributed by atoms with Gasteiger partial charge in [-0.3, -0.25) is 0 Å². The summed E-state index contributed by atoms with van der Waals surface area (Å²) in [4.78, 5) is 11.5. The Balaban J connectivity index is 2.39. The summed E-state index contributed by atoms with van der Waals surface area (Å²) in [5.41, 5.74) is 1.98. The molecular weight excluding hydrogens is 286 g/mol. The van der Waals surface area contributed by atoms with Crippen LogP contribution in [0.3, 0.4) is 0 Å². The van der Waals surface area contributed by atoms with Crippen molar-refractivity contribution in [1.82, 2.24) is 19.5 Å². The highest BCUT2D eigenvalue weighted by Gasteiger charge is 2.34. The molecule has 0 bridgehead atoms. The van der Waals surface area contributed by atoms with Gasteiger partial charge >= 0.3 is 5.92 Å². The first-order valence-electron chi connectivity index (χ1n) is 7.69. The minimum Gasteiger partial charge on any atom is -0.346 e. The lowest BCUT2D eigenvalue weighted by atomic mass is 10.1. The first-order valence-corrected chi connectivity index (χ1v) is 7.69. The normalized spacial score (nSPS) is 14.0. The van der Waals surface area contributed by atoms with Crippen molar-refractivity contribution in [2.75, 3.05) is 0 Å². The Kier molecular flexibility index (Phi) is 3.62. The van der Waals surface area contributed by atoms with Gasteiger partial charge < -0.3 is 9.55 Å². The van der Waals surface area contributed by atoms with Crippen LogP contribution in [0, 0.1) is 0 Å². The van der Waals surface area contributed by atoms with Crippen molar-refractivity contribution >= 4 is 22.1 Å². The molecule has 0 fully saturated rings. The summed E-state index contributed by atoms with van der Waals surface area (Å²) in [7, 11) is 0. The first-order chi connectivity index (χ1) is 10.5. The first kappa shape index (κ1) is 14.9. The van der Waals surface area contributed by atoms with Crippen LogP contribution in [0.15, 0.2) is 18.5 Å². The third-order valence-corrected chi connectivity index (χ3v) is 4.09. The second-order valence-electron chi connectivity index (χ2n) is 5.78. The zero-order valence-corrected chi connectivity index (χ0v) is 13.0. The third-order valence-electron chi connectivity index (χ3n) is 4.09. The van der Waals surface area contributed by atoms with Crippen LogP contribution in [0.4, 0.5) is 8.78 Å². The van der Waals surface area contributed by atoms with Gasteiger partial charge in [0.05, 0.1) is 11.7 Å². The molecule has 0 aliphatic carbocycles.